The van der Waals surface area contributed by atoms with Crippen LogP contribution in [0.1, 0.15) is 12.8 Å². The molecule has 0 saturated heterocycles. The van der Waals surface area contributed by atoms with E-state index in [1.54, 1.807) is 11.1 Å². The molecule has 0 saturated carbocycles. The van der Waals surface area contributed by atoms with Crippen molar-refractivity contribution >= 4 is 0 Å². The molecule has 72 valence electrons. The topological polar surface area (TPSA) is 9.23 Å². The second-order valence-electron chi connectivity index (χ2n) is 3.50. The Morgan fingerprint density at radius 3 is 2.07 bits per heavy atom. The second kappa shape index (κ2) is 5.04. The van der Waals surface area contributed by atoms with Gasteiger partial charge in [0.1, 0.15) is 0 Å². The van der Waals surface area contributed by atoms with E-state index < -0.39 is 23.7 Å². The summed E-state index contributed by atoms with van der Waals surface area (Å²) in [4.78, 5) is 0. The van der Waals surface area contributed by atoms with Gasteiger partial charge in [-0.3, -0.25) is 0 Å². The van der Waals surface area contributed by atoms with Crippen molar-refractivity contribution < 1.29 is 26.5 Å². The van der Waals surface area contributed by atoms with Crippen molar-refractivity contribution in [3.05, 3.63) is 47.6 Å². The summed E-state index contributed by atoms with van der Waals surface area (Å²) >= 11 is -0.719. The van der Waals surface area contributed by atoms with Crippen LogP contribution in [-0.2, 0) is 26.5 Å². The molecule has 0 unspecified atom stereocenters. The van der Waals surface area contributed by atoms with Crippen LogP contribution in [-0.4, -0.2) is 7.11 Å². The van der Waals surface area contributed by atoms with E-state index in [4.69, 9.17) is 2.81 Å². The number of hydrogen-bond acceptors (Lipinski definition) is 1. The summed E-state index contributed by atoms with van der Waals surface area (Å²) in [6.45, 7) is 0. The monoisotopic (exact) mass is 264 g/mol. The van der Waals surface area contributed by atoms with Crippen LogP contribution in [0.2, 0.25) is 3.63 Å². The molecule has 0 heterocycles. The van der Waals surface area contributed by atoms with Crippen molar-refractivity contribution in [2.24, 2.45) is 0 Å². The van der Waals surface area contributed by atoms with Gasteiger partial charge in [-0.05, 0) is 0 Å². The van der Waals surface area contributed by atoms with Crippen molar-refractivity contribution in [3.8, 4) is 0 Å². The van der Waals surface area contributed by atoms with Gasteiger partial charge in [-0.15, -0.1) is 0 Å². The molecular weight excluding hydrogens is 251 g/mol. The van der Waals surface area contributed by atoms with E-state index in [2.05, 4.69) is 36.5 Å². The van der Waals surface area contributed by atoms with Gasteiger partial charge < -0.3 is 0 Å². The molecule has 0 spiro atoms. The fourth-order valence-corrected chi connectivity index (χ4v) is 4.24. The first kappa shape index (κ1) is 10.3. The van der Waals surface area contributed by atoms with Gasteiger partial charge in [0, 0.05) is 0 Å². The molecule has 0 aliphatic heterocycles. The number of rotatable bonds is 4. The number of hydrogen-bond donors (Lipinski definition) is 0. The van der Waals surface area contributed by atoms with E-state index in [1.165, 1.54) is 0 Å². The molecule has 0 radical (unpaired) electrons. The summed E-state index contributed by atoms with van der Waals surface area (Å²) in [6, 6.07) is 0. The zero-order chi connectivity index (χ0) is 9.80. The second-order valence-corrected chi connectivity index (χ2v) is 6.50. The molecule has 2 aliphatic rings. The van der Waals surface area contributed by atoms with Crippen molar-refractivity contribution in [1.29, 1.82) is 0 Å². The predicted octanol–water partition coefficient (Wildman–Crippen LogP) is 3.19. The Morgan fingerprint density at radius 1 is 1.14 bits per heavy atom. The van der Waals surface area contributed by atoms with Gasteiger partial charge in [0.05, 0.1) is 0 Å². The molecule has 0 aromatic carbocycles. The Hall–Kier alpha value is -0.197. The average molecular weight is 265 g/mol. The third kappa shape index (κ3) is 2.24. The summed E-state index contributed by atoms with van der Waals surface area (Å²) in [5, 5.41) is 0. The minimum absolute atomic E-state index is 0.661. The van der Waals surface area contributed by atoms with Crippen LogP contribution in [0.15, 0.2) is 47.6 Å². The van der Waals surface area contributed by atoms with Gasteiger partial charge in [-0.1, -0.05) is 0 Å². The van der Waals surface area contributed by atoms with Crippen LogP contribution in [0.4, 0.5) is 0 Å². The standard InChI is InChI=1S/C11H11.CH3O.Zr/c1-2-6-10(5-1)9-11-7-3-4-8-11;1-2;/h1-5,7,9H,6,8H2;1H3;/q;-1;+1. The van der Waals surface area contributed by atoms with Gasteiger partial charge in [-0.2, -0.15) is 0 Å². The molecule has 0 atom stereocenters. The fraction of sp³-hybridized carbons (Fsp3) is 0.333. The first-order chi connectivity index (χ1) is 6.92. The van der Waals surface area contributed by atoms with Crippen LogP contribution in [0.25, 0.3) is 0 Å². The Labute approximate surface area is 97.4 Å². The van der Waals surface area contributed by atoms with Crippen molar-refractivity contribution in [1.82, 2.24) is 0 Å². The Balaban J connectivity index is 2.07. The molecule has 0 N–H and O–H groups in total. The molecule has 1 nitrogen and oxygen atoms in total. The molecule has 0 bridgehead atoms. The van der Waals surface area contributed by atoms with Crippen molar-refractivity contribution in [2.45, 2.75) is 16.5 Å². The Bertz CT molecular complexity index is 293. The minimum atomic E-state index is -0.719. The van der Waals surface area contributed by atoms with Crippen LogP contribution < -0.4 is 0 Å². The molecule has 2 aliphatic carbocycles. The van der Waals surface area contributed by atoms with Gasteiger partial charge >= 0.3 is 97.7 Å². The number of allylic oxidation sites excluding steroid dienone is 8. The van der Waals surface area contributed by atoms with E-state index in [1.807, 2.05) is 7.11 Å². The van der Waals surface area contributed by atoms with Gasteiger partial charge in [0.2, 0.25) is 0 Å². The zero-order valence-electron chi connectivity index (χ0n) is 8.36. The molecule has 14 heavy (non-hydrogen) atoms. The van der Waals surface area contributed by atoms with E-state index in [0.29, 0.717) is 3.63 Å². The summed E-state index contributed by atoms with van der Waals surface area (Å²) < 4.78 is 6.12. The molecule has 0 fully saturated rings. The predicted molar refractivity (Wildman–Crippen MR) is 54.4 cm³/mol. The van der Waals surface area contributed by atoms with Crippen molar-refractivity contribution in [2.75, 3.05) is 7.11 Å². The van der Waals surface area contributed by atoms with Crippen molar-refractivity contribution in [3.63, 3.8) is 0 Å². The van der Waals surface area contributed by atoms with Gasteiger partial charge in [0.15, 0.2) is 0 Å². The summed E-state index contributed by atoms with van der Waals surface area (Å²) in [6.07, 6.45) is 15.6. The first-order valence-electron chi connectivity index (χ1n) is 4.91. The molecule has 0 amide bonds. The normalized spacial score (nSPS) is 19.0. The van der Waals surface area contributed by atoms with E-state index in [0.717, 1.165) is 12.8 Å². The summed E-state index contributed by atoms with van der Waals surface area (Å²) in [7, 11) is 1.85. The molecular formula is C12H14OZr. The summed E-state index contributed by atoms with van der Waals surface area (Å²) in [5.74, 6) is 0. The van der Waals surface area contributed by atoms with Gasteiger partial charge in [-0.25, -0.2) is 0 Å². The Kier molecular flexibility index (Phi) is 3.72. The average Bonchev–Trinajstić information content (AvgIpc) is 2.87. The van der Waals surface area contributed by atoms with Crippen LogP contribution in [0.3, 0.4) is 0 Å². The van der Waals surface area contributed by atoms with Crippen LogP contribution >= 0.6 is 0 Å². The van der Waals surface area contributed by atoms with Gasteiger partial charge in [0.25, 0.3) is 0 Å². The summed E-state index contributed by atoms with van der Waals surface area (Å²) in [5.41, 5.74) is 3.13. The van der Waals surface area contributed by atoms with E-state index >= 15 is 0 Å². The molecule has 2 rings (SSSR count). The third-order valence-electron chi connectivity index (χ3n) is 2.58. The van der Waals surface area contributed by atoms with E-state index in [9.17, 15) is 0 Å². The molecule has 2 heteroatoms. The maximum absolute atomic E-state index is 5.46. The maximum atomic E-state index is 5.46. The Morgan fingerprint density at radius 2 is 1.71 bits per heavy atom. The quantitative estimate of drug-likeness (QED) is 0.758. The zero-order valence-corrected chi connectivity index (χ0v) is 10.8. The van der Waals surface area contributed by atoms with Crippen LogP contribution in [0.5, 0.6) is 0 Å². The molecule has 0 aromatic heterocycles. The fourth-order valence-electron chi connectivity index (χ4n) is 1.86. The third-order valence-corrected chi connectivity index (χ3v) is 5.56. The molecule has 0 aromatic rings. The van der Waals surface area contributed by atoms with E-state index in [-0.39, 0.29) is 0 Å². The SMILES string of the molecule is C[O][Zr][CH](C1=CC=CC1)C1=CC=CC1. The first-order valence-corrected chi connectivity index (χ1v) is 7.34. The van der Waals surface area contributed by atoms with Crippen LogP contribution in [0, 0.1) is 0 Å².